The van der Waals surface area contributed by atoms with Crippen LogP contribution < -0.4 is 0 Å². The van der Waals surface area contributed by atoms with Crippen LogP contribution in [-0.2, 0) is 9.47 Å². The summed E-state index contributed by atoms with van der Waals surface area (Å²) in [6.07, 6.45) is -2.58. The van der Waals surface area contributed by atoms with Gasteiger partial charge in [-0.05, 0) is 32.6 Å². The highest BCUT2D eigenvalue weighted by Crippen LogP contribution is 2.37. The first-order valence-electron chi connectivity index (χ1n) is 7.47. The minimum Gasteiger partial charge on any atom is -0.375 e. The number of alkyl halides is 3. The Morgan fingerprint density at radius 1 is 0.810 bits per heavy atom. The summed E-state index contributed by atoms with van der Waals surface area (Å²) in [5.74, 6) is 0. The normalized spacial score (nSPS) is 16.9. The third-order valence-corrected chi connectivity index (χ3v) is 3.43. The summed E-state index contributed by atoms with van der Waals surface area (Å²) < 4.78 is 47.5. The van der Waals surface area contributed by atoms with Crippen molar-refractivity contribution in [3.8, 4) is 0 Å². The molecule has 0 saturated heterocycles. The Balaban J connectivity index is 4.74. The Kier molecular flexibility index (Phi) is 7.21. The van der Waals surface area contributed by atoms with Gasteiger partial charge < -0.3 is 9.47 Å². The first-order valence-corrected chi connectivity index (χ1v) is 7.47. The van der Waals surface area contributed by atoms with Gasteiger partial charge in [0.15, 0.2) is 0 Å². The molecule has 0 bridgehead atoms. The van der Waals surface area contributed by atoms with E-state index in [1.54, 1.807) is 0 Å². The van der Waals surface area contributed by atoms with Crippen LogP contribution in [0.15, 0.2) is 0 Å². The van der Waals surface area contributed by atoms with E-state index in [2.05, 4.69) is 20.8 Å². The molecule has 0 rings (SSSR count). The van der Waals surface area contributed by atoms with E-state index < -0.39 is 18.2 Å². The lowest BCUT2D eigenvalue weighted by atomic mass is 9.73. The molecule has 5 heteroatoms. The van der Waals surface area contributed by atoms with Crippen LogP contribution in [0, 0.1) is 10.8 Å². The minimum absolute atomic E-state index is 0.0393. The Morgan fingerprint density at radius 2 is 1.33 bits per heavy atom. The summed E-state index contributed by atoms with van der Waals surface area (Å²) >= 11 is 0. The Labute approximate surface area is 127 Å². The van der Waals surface area contributed by atoms with E-state index in [1.807, 2.05) is 27.7 Å². The van der Waals surface area contributed by atoms with Gasteiger partial charge in [0.2, 0.25) is 0 Å². The molecule has 0 saturated carbocycles. The van der Waals surface area contributed by atoms with Crippen LogP contribution in [-0.4, -0.2) is 31.6 Å². The van der Waals surface area contributed by atoms with Crippen molar-refractivity contribution >= 4 is 0 Å². The minimum atomic E-state index is -4.29. The maximum atomic E-state index is 12.3. The second-order valence-corrected chi connectivity index (χ2v) is 8.01. The van der Waals surface area contributed by atoms with Gasteiger partial charge in [-0.25, -0.2) is 0 Å². The van der Waals surface area contributed by atoms with Crippen LogP contribution in [0.1, 0.15) is 61.3 Å². The Bertz CT molecular complexity index is 306. The van der Waals surface area contributed by atoms with Gasteiger partial charge in [-0.15, -0.1) is 0 Å². The second-order valence-electron chi connectivity index (χ2n) is 8.01. The fourth-order valence-electron chi connectivity index (χ4n) is 2.23. The van der Waals surface area contributed by atoms with Crippen molar-refractivity contribution in [3.05, 3.63) is 0 Å². The lowest BCUT2D eigenvalue weighted by Gasteiger charge is -2.38. The average molecular weight is 312 g/mol. The van der Waals surface area contributed by atoms with Crippen LogP contribution in [0.2, 0.25) is 0 Å². The number of hydrogen-bond acceptors (Lipinski definition) is 2. The summed E-state index contributed by atoms with van der Waals surface area (Å²) in [7, 11) is 0. The van der Waals surface area contributed by atoms with Crippen molar-refractivity contribution in [2.24, 2.45) is 10.8 Å². The van der Waals surface area contributed by atoms with E-state index in [-0.39, 0.29) is 17.6 Å². The highest BCUT2D eigenvalue weighted by molar-refractivity contribution is 4.83. The summed E-state index contributed by atoms with van der Waals surface area (Å²) in [5, 5.41) is 0. The van der Waals surface area contributed by atoms with Gasteiger partial charge in [-0.2, -0.15) is 13.2 Å². The van der Waals surface area contributed by atoms with E-state index in [0.29, 0.717) is 6.61 Å². The van der Waals surface area contributed by atoms with Crippen molar-refractivity contribution in [3.63, 3.8) is 0 Å². The van der Waals surface area contributed by atoms with Crippen molar-refractivity contribution in [2.45, 2.75) is 73.1 Å². The van der Waals surface area contributed by atoms with E-state index in [0.717, 1.165) is 12.8 Å². The maximum Gasteiger partial charge on any atom is 0.411 e. The van der Waals surface area contributed by atoms with Crippen molar-refractivity contribution in [1.82, 2.24) is 0 Å². The largest absolute Gasteiger partial charge is 0.411 e. The van der Waals surface area contributed by atoms with Crippen LogP contribution in [0.4, 0.5) is 13.2 Å². The first-order chi connectivity index (χ1) is 9.18. The Hall–Kier alpha value is -0.290. The molecule has 0 aromatic carbocycles. The van der Waals surface area contributed by atoms with Gasteiger partial charge in [-0.1, -0.05) is 34.1 Å². The predicted octanol–water partition coefficient (Wildman–Crippen LogP) is 5.21. The molecular formula is C16H31F3O2. The van der Waals surface area contributed by atoms with Gasteiger partial charge in [-0.3, -0.25) is 0 Å². The standard InChI is InChI=1S/C16H31F3O2/c1-8-14(5,6)9-15(7,11-21-13(2,3)4)10-20-12-16(17,18)19/h8-12H2,1-7H3. The highest BCUT2D eigenvalue weighted by Gasteiger charge is 2.35. The number of hydrogen-bond donors (Lipinski definition) is 0. The van der Waals surface area contributed by atoms with E-state index >= 15 is 0 Å². The SMILES string of the molecule is CCC(C)(C)CC(C)(COCC(F)(F)F)COC(C)(C)C. The second kappa shape index (κ2) is 7.32. The van der Waals surface area contributed by atoms with Gasteiger partial charge in [0, 0.05) is 5.41 Å². The van der Waals surface area contributed by atoms with Crippen LogP contribution in [0.25, 0.3) is 0 Å². The van der Waals surface area contributed by atoms with E-state index in [9.17, 15) is 13.2 Å². The third-order valence-electron chi connectivity index (χ3n) is 3.43. The summed E-state index contributed by atoms with van der Waals surface area (Å²) in [6, 6.07) is 0. The fraction of sp³-hybridized carbons (Fsp3) is 1.00. The first kappa shape index (κ1) is 20.7. The quantitative estimate of drug-likeness (QED) is 0.612. The van der Waals surface area contributed by atoms with E-state index in [1.165, 1.54) is 0 Å². The molecule has 2 nitrogen and oxygen atoms in total. The average Bonchev–Trinajstić information content (AvgIpc) is 2.23. The van der Waals surface area contributed by atoms with Crippen LogP contribution >= 0.6 is 0 Å². The molecule has 0 radical (unpaired) electrons. The van der Waals surface area contributed by atoms with Gasteiger partial charge in [0.25, 0.3) is 0 Å². The topological polar surface area (TPSA) is 18.5 Å². The molecule has 128 valence electrons. The zero-order valence-corrected chi connectivity index (χ0v) is 14.5. The predicted molar refractivity (Wildman–Crippen MR) is 79.4 cm³/mol. The van der Waals surface area contributed by atoms with Gasteiger partial charge >= 0.3 is 6.18 Å². The van der Waals surface area contributed by atoms with Crippen molar-refractivity contribution in [1.29, 1.82) is 0 Å². The molecule has 0 amide bonds. The smallest absolute Gasteiger partial charge is 0.375 e. The van der Waals surface area contributed by atoms with Crippen molar-refractivity contribution in [2.75, 3.05) is 19.8 Å². The van der Waals surface area contributed by atoms with Gasteiger partial charge in [0.1, 0.15) is 6.61 Å². The number of ether oxygens (including phenoxy) is 2. The third kappa shape index (κ3) is 11.0. The zero-order valence-electron chi connectivity index (χ0n) is 14.5. The number of rotatable bonds is 8. The molecule has 21 heavy (non-hydrogen) atoms. The van der Waals surface area contributed by atoms with Gasteiger partial charge in [0.05, 0.1) is 18.8 Å². The molecule has 0 spiro atoms. The maximum absolute atomic E-state index is 12.3. The summed E-state index contributed by atoms with van der Waals surface area (Å²) in [6.45, 7) is 13.3. The summed E-state index contributed by atoms with van der Waals surface area (Å²) in [4.78, 5) is 0. The van der Waals surface area contributed by atoms with E-state index in [4.69, 9.17) is 9.47 Å². The van der Waals surface area contributed by atoms with Crippen molar-refractivity contribution < 1.29 is 22.6 Å². The fourth-order valence-corrected chi connectivity index (χ4v) is 2.23. The van der Waals surface area contributed by atoms with Crippen LogP contribution in [0.3, 0.4) is 0 Å². The molecule has 1 atom stereocenters. The molecule has 0 heterocycles. The molecule has 0 aromatic heterocycles. The van der Waals surface area contributed by atoms with Crippen LogP contribution in [0.5, 0.6) is 0 Å². The highest BCUT2D eigenvalue weighted by atomic mass is 19.4. The molecule has 0 aliphatic heterocycles. The molecule has 0 aromatic rings. The molecular weight excluding hydrogens is 281 g/mol. The zero-order chi connectivity index (χ0) is 16.9. The molecule has 0 aliphatic carbocycles. The lowest BCUT2D eigenvalue weighted by molar-refractivity contribution is -0.186. The molecule has 1 unspecified atom stereocenters. The molecule has 0 fully saturated rings. The Morgan fingerprint density at radius 3 is 1.71 bits per heavy atom. The molecule has 0 N–H and O–H groups in total. The summed E-state index contributed by atoms with van der Waals surface area (Å²) in [5.41, 5.74) is -0.711. The molecule has 0 aliphatic rings. The monoisotopic (exact) mass is 312 g/mol. The number of halogens is 3. The lowest BCUT2D eigenvalue weighted by Crippen LogP contribution is -2.38.